The molecule has 0 bridgehead atoms. The third-order valence-electron chi connectivity index (χ3n) is 2.04. The van der Waals surface area contributed by atoms with Crippen molar-refractivity contribution in [2.45, 2.75) is 24.7 Å². The van der Waals surface area contributed by atoms with Crippen molar-refractivity contribution in [1.29, 1.82) is 0 Å². The van der Waals surface area contributed by atoms with E-state index >= 15 is 0 Å². The van der Waals surface area contributed by atoms with Crippen LogP contribution in [-0.4, -0.2) is 30.9 Å². The van der Waals surface area contributed by atoms with Crippen molar-refractivity contribution in [3.63, 3.8) is 0 Å². The Morgan fingerprint density at radius 1 is 1.27 bits per heavy atom. The van der Waals surface area contributed by atoms with Crippen LogP contribution in [0.5, 0.6) is 0 Å². The minimum Gasteiger partial charge on any atom is -0.463 e. The Bertz CT molecular complexity index is 309. The first kappa shape index (κ1) is 9.82. The van der Waals surface area contributed by atoms with Crippen molar-refractivity contribution < 1.29 is 28.5 Å². The molecular weight excluding hydrogens is 204 g/mol. The fraction of sp³-hybridized carbons (Fsp3) is 0.556. The molecule has 0 aromatic heterocycles. The highest BCUT2D eigenvalue weighted by atomic mass is 16.8. The first-order valence-electron chi connectivity index (χ1n) is 4.49. The maximum absolute atomic E-state index is 11.6. The summed E-state index contributed by atoms with van der Waals surface area (Å²) in [5, 5.41) is 0. The first-order valence-corrected chi connectivity index (χ1v) is 4.49. The second-order valence-corrected chi connectivity index (χ2v) is 3.22. The van der Waals surface area contributed by atoms with Crippen LogP contribution in [0.2, 0.25) is 0 Å². The van der Waals surface area contributed by atoms with Crippen LogP contribution >= 0.6 is 0 Å². The highest BCUT2D eigenvalue weighted by Crippen LogP contribution is 2.29. The van der Waals surface area contributed by atoms with Gasteiger partial charge in [0.25, 0.3) is 0 Å². The monoisotopic (exact) mass is 214 g/mol. The third-order valence-corrected chi connectivity index (χ3v) is 2.04. The number of esters is 2. The van der Waals surface area contributed by atoms with Gasteiger partial charge in [0.1, 0.15) is 18.6 Å². The topological polar surface area (TPSA) is 71.1 Å². The summed E-state index contributed by atoms with van der Waals surface area (Å²) in [7, 11) is 1.14. The lowest BCUT2D eigenvalue weighted by atomic mass is 10.3. The van der Waals surface area contributed by atoms with Gasteiger partial charge in [0.2, 0.25) is 0 Å². The van der Waals surface area contributed by atoms with Crippen LogP contribution in [0, 0.1) is 0 Å². The molecule has 0 aromatic rings. The molecule has 1 aliphatic heterocycles. The summed E-state index contributed by atoms with van der Waals surface area (Å²) in [5.74, 6) is -3.91. The van der Waals surface area contributed by atoms with E-state index < -0.39 is 17.7 Å². The van der Waals surface area contributed by atoms with Crippen molar-refractivity contribution in [2.24, 2.45) is 0 Å². The van der Waals surface area contributed by atoms with Gasteiger partial charge < -0.3 is 18.9 Å². The number of carbonyl (C=O) groups is 2. The zero-order valence-corrected chi connectivity index (χ0v) is 8.10. The second-order valence-electron chi connectivity index (χ2n) is 3.22. The average molecular weight is 214 g/mol. The molecule has 0 N–H and O–H groups in total. The fourth-order valence-corrected chi connectivity index (χ4v) is 1.10. The summed E-state index contributed by atoms with van der Waals surface area (Å²) < 4.78 is 19.0. The molecule has 0 saturated heterocycles. The minimum absolute atomic E-state index is 0.133. The number of carbonyl (C=O) groups excluding carboxylic acids is 2. The highest BCUT2D eigenvalue weighted by Gasteiger charge is 2.57. The van der Waals surface area contributed by atoms with E-state index in [-0.39, 0.29) is 6.10 Å². The van der Waals surface area contributed by atoms with E-state index in [0.717, 1.165) is 32.5 Å². The molecule has 0 amide bonds. The molecule has 0 radical (unpaired) electrons. The van der Waals surface area contributed by atoms with Gasteiger partial charge in [0, 0.05) is 0 Å². The lowest BCUT2D eigenvalue weighted by molar-refractivity contribution is -0.216. The van der Waals surface area contributed by atoms with Crippen molar-refractivity contribution in [3.05, 3.63) is 12.5 Å². The fourth-order valence-electron chi connectivity index (χ4n) is 1.10. The van der Waals surface area contributed by atoms with E-state index in [2.05, 4.69) is 4.74 Å². The minimum atomic E-state index is -2.10. The predicted molar refractivity (Wildman–Crippen MR) is 45.2 cm³/mol. The molecule has 1 fully saturated rings. The Kier molecular flexibility index (Phi) is 2.26. The van der Waals surface area contributed by atoms with E-state index in [4.69, 9.17) is 14.2 Å². The maximum atomic E-state index is 11.6. The molecule has 15 heavy (non-hydrogen) atoms. The molecule has 6 heteroatoms. The maximum Gasteiger partial charge on any atom is 0.452 e. The van der Waals surface area contributed by atoms with Crippen molar-refractivity contribution in [3.8, 4) is 0 Å². The molecule has 6 nitrogen and oxygen atoms in total. The van der Waals surface area contributed by atoms with E-state index in [9.17, 15) is 9.59 Å². The Balaban J connectivity index is 2.10. The molecule has 1 aliphatic carbocycles. The molecule has 1 saturated carbocycles. The summed E-state index contributed by atoms with van der Waals surface area (Å²) >= 11 is 0. The summed E-state index contributed by atoms with van der Waals surface area (Å²) in [6.07, 6.45) is 3.68. The molecule has 82 valence electrons. The van der Waals surface area contributed by atoms with Crippen LogP contribution in [0.3, 0.4) is 0 Å². The number of methoxy groups -OCH3 is 1. The van der Waals surface area contributed by atoms with Crippen LogP contribution in [-0.2, 0) is 28.5 Å². The third kappa shape index (κ3) is 1.62. The predicted octanol–water partition coefficient (Wildman–Crippen LogP) is 0.0793. The summed E-state index contributed by atoms with van der Waals surface area (Å²) in [5.41, 5.74) is 0. The lowest BCUT2D eigenvalue weighted by Crippen LogP contribution is -2.49. The SMILES string of the molecule is COC(=O)C1(C(=O)OC2CC2)OC=CO1. The molecule has 2 rings (SSSR count). The van der Waals surface area contributed by atoms with Crippen LogP contribution in [0.4, 0.5) is 0 Å². The van der Waals surface area contributed by atoms with E-state index in [1.165, 1.54) is 0 Å². The van der Waals surface area contributed by atoms with Gasteiger partial charge in [-0.15, -0.1) is 0 Å². The molecule has 1 heterocycles. The quantitative estimate of drug-likeness (QED) is 0.489. The van der Waals surface area contributed by atoms with Gasteiger partial charge in [-0.1, -0.05) is 0 Å². The summed E-state index contributed by atoms with van der Waals surface area (Å²) in [4.78, 5) is 23.0. The molecule has 2 aliphatic rings. The van der Waals surface area contributed by atoms with Gasteiger partial charge in [-0.25, -0.2) is 9.59 Å². The van der Waals surface area contributed by atoms with Crippen LogP contribution in [0.25, 0.3) is 0 Å². The number of ether oxygens (including phenoxy) is 4. The molecule has 0 unspecified atom stereocenters. The highest BCUT2D eigenvalue weighted by molar-refractivity contribution is 6.02. The number of hydrogen-bond acceptors (Lipinski definition) is 6. The Labute approximate surface area is 85.7 Å². The van der Waals surface area contributed by atoms with Gasteiger partial charge in [0.15, 0.2) is 0 Å². The Morgan fingerprint density at radius 3 is 2.33 bits per heavy atom. The number of hydrogen-bond donors (Lipinski definition) is 0. The molecular formula is C9H10O6. The Hall–Kier alpha value is -1.72. The molecule has 0 aromatic carbocycles. The van der Waals surface area contributed by atoms with Crippen molar-refractivity contribution in [1.82, 2.24) is 0 Å². The van der Waals surface area contributed by atoms with Crippen LogP contribution in [0.1, 0.15) is 12.8 Å². The van der Waals surface area contributed by atoms with Crippen molar-refractivity contribution in [2.75, 3.05) is 7.11 Å². The van der Waals surface area contributed by atoms with Gasteiger partial charge in [-0.2, -0.15) is 0 Å². The standard InChI is InChI=1S/C9H10O6/c1-12-7(10)9(13-4-5-14-9)8(11)15-6-2-3-6/h4-6H,2-3H2,1H3. The second kappa shape index (κ2) is 3.45. The smallest absolute Gasteiger partial charge is 0.452 e. The van der Waals surface area contributed by atoms with Crippen molar-refractivity contribution >= 4 is 11.9 Å². The lowest BCUT2D eigenvalue weighted by Gasteiger charge is -2.21. The summed E-state index contributed by atoms with van der Waals surface area (Å²) in [6.45, 7) is 0. The number of rotatable bonds is 3. The van der Waals surface area contributed by atoms with Gasteiger partial charge in [-0.05, 0) is 12.8 Å². The van der Waals surface area contributed by atoms with E-state index in [1.54, 1.807) is 0 Å². The Morgan fingerprint density at radius 2 is 1.87 bits per heavy atom. The summed E-state index contributed by atoms with van der Waals surface area (Å²) in [6, 6.07) is 0. The average Bonchev–Trinajstić information content (AvgIpc) is 2.91. The van der Waals surface area contributed by atoms with Gasteiger partial charge in [-0.3, -0.25) is 0 Å². The normalized spacial score (nSPS) is 21.4. The first-order chi connectivity index (χ1) is 7.19. The van der Waals surface area contributed by atoms with E-state index in [1.807, 2.05) is 0 Å². The van der Waals surface area contributed by atoms with Gasteiger partial charge in [0.05, 0.1) is 7.11 Å². The zero-order valence-electron chi connectivity index (χ0n) is 8.10. The zero-order chi connectivity index (χ0) is 10.9. The van der Waals surface area contributed by atoms with Crippen LogP contribution < -0.4 is 0 Å². The van der Waals surface area contributed by atoms with Crippen LogP contribution in [0.15, 0.2) is 12.5 Å². The van der Waals surface area contributed by atoms with Gasteiger partial charge >= 0.3 is 17.7 Å². The van der Waals surface area contributed by atoms with E-state index in [0.29, 0.717) is 0 Å². The molecule has 0 spiro atoms. The molecule has 0 atom stereocenters. The largest absolute Gasteiger partial charge is 0.463 e.